The van der Waals surface area contributed by atoms with Gasteiger partial charge >= 0.3 is 0 Å². The minimum absolute atomic E-state index is 0.0923. The number of nitrogens with zero attached hydrogens (tertiary/aromatic N) is 1. The molecule has 3 aromatic heterocycles. The van der Waals surface area contributed by atoms with Crippen molar-refractivity contribution in [2.45, 2.75) is 34.2 Å². The first-order valence-corrected chi connectivity index (χ1v) is 12.0. The van der Waals surface area contributed by atoms with E-state index >= 15 is 0 Å². The predicted octanol–water partition coefficient (Wildman–Crippen LogP) is 3.87. The highest BCUT2D eigenvalue weighted by molar-refractivity contribution is 7.08. The van der Waals surface area contributed by atoms with Crippen LogP contribution in [0, 0.1) is 12.3 Å². The summed E-state index contributed by atoms with van der Waals surface area (Å²) in [5.74, 6) is -0.259. The van der Waals surface area contributed by atoms with Gasteiger partial charge in [-0.05, 0) is 41.5 Å². The van der Waals surface area contributed by atoms with Crippen LogP contribution in [0.2, 0.25) is 0 Å². The number of rotatable bonds is 5. The maximum atomic E-state index is 13.3. The molecule has 0 atom stereocenters. The second-order valence-electron chi connectivity index (χ2n) is 8.75. The average Bonchev–Trinajstić information content (AvgIpc) is 3.42. The van der Waals surface area contributed by atoms with Crippen molar-refractivity contribution in [3.8, 4) is 0 Å². The molecule has 5 nitrogen and oxygen atoms in total. The highest BCUT2D eigenvalue weighted by Crippen LogP contribution is 2.22. The number of aromatic amines is 1. The van der Waals surface area contributed by atoms with E-state index in [2.05, 4.69) is 4.98 Å². The topological polar surface area (TPSA) is 71.9 Å². The van der Waals surface area contributed by atoms with Gasteiger partial charge in [0, 0.05) is 33.7 Å². The minimum atomic E-state index is -0.584. The zero-order valence-corrected chi connectivity index (χ0v) is 20.0. The molecule has 32 heavy (non-hydrogen) atoms. The number of aromatic nitrogens is 2. The van der Waals surface area contributed by atoms with E-state index in [1.54, 1.807) is 17.4 Å². The molecule has 0 bridgehead atoms. The molecule has 164 valence electrons. The molecule has 1 N–H and O–H groups in total. The monoisotopic (exact) mass is 464 g/mol. The van der Waals surface area contributed by atoms with Crippen LogP contribution in [-0.2, 0) is 11.3 Å². The molecular formula is C25H24N2O3S2. The summed E-state index contributed by atoms with van der Waals surface area (Å²) in [5, 5.41) is 4.73. The summed E-state index contributed by atoms with van der Waals surface area (Å²) >= 11 is 2.79. The molecule has 0 aliphatic rings. The zero-order chi connectivity index (χ0) is 23.0. The Labute approximate surface area is 193 Å². The van der Waals surface area contributed by atoms with Crippen LogP contribution in [0.5, 0.6) is 0 Å². The van der Waals surface area contributed by atoms with E-state index in [1.807, 2.05) is 68.8 Å². The third kappa shape index (κ3) is 4.31. The van der Waals surface area contributed by atoms with Crippen LogP contribution in [0.15, 0.2) is 45.9 Å². The molecule has 1 aromatic carbocycles. The van der Waals surface area contributed by atoms with Crippen LogP contribution in [0.25, 0.3) is 23.1 Å². The van der Waals surface area contributed by atoms with E-state index in [0.717, 1.165) is 22.2 Å². The van der Waals surface area contributed by atoms with Crippen molar-refractivity contribution in [1.29, 1.82) is 0 Å². The number of nitrogens with one attached hydrogen (secondary N) is 1. The van der Waals surface area contributed by atoms with Crippen LogP contribution in [-0.4, -0.2) is 21.1 Å². The SMILES string of the molecule is Cc1[nH]c2ccccc2c1C(=O)Cn1c(=O)/c(=C/c2ccsc2)s/c1=C\C(=O)C(C)(C)C. The van der Waals surface area contributed by atoms with Crippen LogP contribution in [0.4, 0.5) is 0 Å². The van der Waals surface area contributed by atoms with Gasteiger partial charge in [0.15, 0.2) is 11.6 Å². The summed E-state index contributed by atoms with van der Waals surface area (Å²) in [6.07, 6.45) is 3.30. The lowest BCUT2D eigenvalue weighted by Crippen LogP contribution is -2.35. The van der Waals surface area contributed by atoms with Crippen molar-refractivity contribution in [3.63, 3.8) is 0 Å². The van der Waals surface area contributed by atoms with Gasteiger partial charge in [-0.1, -0.05) is 39.0 Å². The highest BCUT2D eigenvalue weighted by Gasteiger charge is 2.21. The first-order valence-electron chi connectivity index (χ1n) is 10.3. The first kappa shape index (κ1) is 22.2. The number of ketones is 2. The zero-order valence-electron chi connectivity index (χ0n) is 18.4. The highest BCUT2D eigenvalue weighted by atomic mass is 32.1. The summed E-state index contributed by atoms with van der Waals surface area (Å²) in [5.41, 5.74) is 2.30. The van der Waals surface area contributed by atoms with E-state index in [0.29, 0.717) is 14.8 Å². The van der Waals surface area contributed by atoms with Crippen LogP contribution in [0.3, 0.4) is 0 Å². The number of carbonyl (C=O) groups is 2. The number of carbonyl (C=O) groups excluding carboxylic acids is 2. The Bertz CT molecular complexity index is 1490. The van der Waals surface area contributed by atoms with Crippen molar-refractivity contribution < 1.29 is 9.59 Å². The Morgan fingerprint density at radius 1 is 1.16 bits per heavy atom. The Kier molecular flexibility index (Phi) is 5.88. The number of thiophene rings is 1. The molecule has 3 heterocycles. The van der Waals surface area contributed by atoms with Crippen molar-refractivity contribution in [2.75, 3.05) is 0 Å². The lowest BCUT2D eigenvalue weighted by atomic mass is 9.91. The van der Waals surface area contributed by atoms with E-state index in [1.165, 1.54) is 22.0 Å². The van der Waals surface area contributed by atoms with E-state index in [4.69, 9.17) is 0 Å². The Hall–Kier alpha value is -3.03. The number of Topliss-reactive ketones (excluding diaryl/α,β-unsaturated/α-hetero) is 2. The Morgan fingerprint density at radius 2 is 1.91 bits per heavy atom. The summed E-state index contributed by atoms with van der Waals surface area (Å²) in [7, 11) is 0. The smallest absolute Gasteiger partial charge is 0.269 e. The predicted molar refractivity (Wildman–Crippen MR) is 132 cm³/mol. The molecule has 0 aliphatic carbocycles. The normalized spacial score (nSPS) is 13.2. The lowest BCUT2D eigenvalue weighted by molar-refractivity contribution is -0.120. The number of aryl methyl sites for hydroxylation is 1. The van der Waals surface area contributed by atoms with Gasteiger partial charge in [0.25, 0.3) is 5.56 Å². The van der Waals surface area contributed by atoms with E-state index in [-0.39, 0.29) is 23.7 Å². The summed E-state index contributed by atoms with van der Waals surface area (Å²) < 4.78 is 2.41. The summed E-state index contributed by atoms with van der Waals surface area (Å²) in [6.45, 7) is 7.23. The number of thiazole rings is 1. The number of benzene rings is 1. The molecule has 4 aromatic rings. The van der Waals surface area contributed by atoms with E-state index in [9.17, 15) is 14.4 Å². The second kappa shape index (κ2) is 8.48. The van der Waals surface area contributed by atoms with Gasteiger partial charge in [0.1, 0.15) is 4.66 Å². The third-order valence-corrected chi connectivity index (χ3v) is 7.01. The molecule has 4 rings (SSSR count). The lowest BCUT2D eigenvalue weighted by Gasteiger charge is -2.12. The largest absolute Gasteiger partial charge is 0.358 e. The fourth-order valence-corrected chi connectivity index (χ4v) is 5.15. The van der Waals surface area contributed by atoms with Gasteiger partial charge in [-0.25, -0.2) is 0 Å². The number of H-pyrrole nitrogens is 1. The molecule has 0 aliphatic heterocycles. The third-order valence-electron chi connectivity index (χ3n) is 5.25. The molecule has 0 fully saturated rings. The molecule has 0 saturated carbocycles. The van der Waals surface area contributed by atoms with Crippen molar-refractivity contribution >= 4 is 57.3 Å². The molecule has 0 amide bonds. The summed E-state index contributed by atoms with van der Waals surface area (Å²) in [6, 6.07) is 9.55. The van der Waals surface area contributed by atoms with Crippen molar-refractivity contribution in [1.82, 2.24) is 9.55 Å². The van der Waals surface area contributed by atoms with Gasteiger partial charge in [-0.3, -0.25) is 19.0 Å². The first-order chi connectivity index (χ1) is 15.1. The number of hydrogen-bond acceptors (Lipinski definition) is 5. The Morgan fingerprint density at radius 3 is 2.59 bits per heavy atom. The second-order valence-corrected chi connectivity index (χ2v) is 10.6. The van der Waals surface area contributed by atoms with E-state index < -0.39 is 5.41 Å². The maximum absolute atomic E-state index is 13.3. The molecule has 7 heteroatoms. The fraction of sp³-hybridized carbons (Fsp3) is 0.240. The summed E-state index contributed by atoms with van der Waals surface area (Å²) in [4.78, 5) is 42.5. The van der Waals surface area contributed by atoms with Gasteiger partial charge in [-0.15, -0.1) is 11.3 Å². The number of fused-ring (bicyclic) bond motifs is 1. The molecule has 0 unspecified atom stereocenters. The molecule has 0 saturated heterocycles. The van der Waals surface area contributed by atoms with Gasteiger partial charge in [0.2, 0.25) is 0 Å². The average molecular weight is 465 g/mol. The van der Waals surface area contributed by atoms with Crippen LogP contribution in [0.1, 0.15) is 42.4 Å². The number of hydrogen-bond donors (Lipinski definition) is 1. The quantitative estimate of drug-likeness (QED) is 0.456. The minimum Gasteiger partial charge on any atom is -0.358 e. The number of para-hydroxylation sites is 1. The molecule has 0 spiro atoms. The Balaban J connectivity index is 1.85. The van der Waals surface area contributed by atoms with Crippen LogP contribution < -0.4 is 14.8 Å². The molecule has 0 radical (unpaired) electrons. The molecular weight excluding hydrogens is 440 g/mol. The van der Waals surface area contributed by atoms with Gasteiger partial charge in [-0.2, -0.15) is 11.3 Å². The standard InChI is InChI=1S/C25H24N2O3S2/c1-15-23(17-7-5-6-8-18(17)26-15)19(28)13-27-22(12-21(29)25(2,3)4)32-20(24(27)30)11-16-9-10-31-14-16/h5-12,14,26H,13H2,1-4H3/b20-11-,22-12-. The maximum Gasteiger partial charge on any atom is 0.269 e. The van der Waals surface area contributed by atoms with Gasteiger partial charge in [0.05, 0.1) is 11.1 Å². The van der Waals surface area contributed by atoms with Gasteiger partial charge < -0.3 is 4.98 Å². The van der Waals surface area contributed by atoms with Crippen molar-refractivity contribution in [2.24, 2.45) is 5.41 Å². The van der Waals surface area contributed by atoms with Crippen LogP contribution >= 0.6 is 22.7 Å². The fourth-order valence-electron chi connectivity index (χ4n) is 3.49. The van der Waals surface area contributed by atoms with Crippen molar-refractivity contribution in [3.05, 3.63) is 77.5 Å².